The van der Waals surface area contributed by atoms with E-state index in [1.165, 1.54) is 0 Å². The van der Waals surface area contributed by atoms with Crippen molar-refractivity contribution in [2.24, 2.45) is 0 Å². The van der Waals surface area contributed by atoms with Crippen molar-refractivity contribution < 1.29 is 39.6 Å². The van der Waals surface area contributed by atoms with Crippen molar-refractivity contribution in [3.63, 3.8) is 0 Å². The summed E-state index contributed by atoms with van der Waals surface area (Å²) in [6, 6.07) is 0. The molecular formula is C15H32N2O8. The lowest BCUT2D eigenvalue weighted by atomic mass is 10.1. The van der Waals surface area contributed by atoms with Crippen LogP contribution in [0.4, 0.5) is 0 Å². The number of rotatable bonds is 13. The first-order chi connectivity index (χ1) is 10.8. The number of aliphatic carboxylic acids is 4. The van der Waals surface area contributed by atoms with Gasteiger partial charge in [-0.3, -0.25) is 19.2 Å². The summed E-state index contributed by atoms with van der Waals surface area (Å²) in [5.41, 5.74) is 0. The Morgan fingerprint density at radius 2 is 0.600 bits per heavy atom. The van der Waals surface area contributed by atoms with Gasteiger partial charge in [-0.1, -0.05) is 25.7 Å². The molecule has 0 rings (SSSR count). The van der Waals surface area contributed by atoms with Crippen LogP contribution in [0, 0.1) is 0 Å². The molecule has 0 radical (unpaired) electrons. The van der Waals surface area contributed by atoms with Crippen molar-refractivity contribution in [1.82, 2.24) is 12.3 Å². The van der Waals surface area contributed by atoms with E-state index in [1.54, 1.807) is 0 Å². The van der Waals surface area contributed by atoms with Crippen molar-refractivity contribution in [3.8, 4) is 0 Å². The average molecular weight is 368 g/mol. The Morgan fingerprint density at radius 1 is 0.400 bits per heavy atom. The van der Waals surface area contributed by atoms with Gasteiger partial charge < -0.3 is 32.7 Å². The van der Waals surface area contributed by atoms with E-state index in [0.29, 0.717) is 0 Å². The molecule has 0 atom stereocenters. The number of carbonyl (C=O) groups is 4. The Hall–Kier alpha value is -2.20. The lowest BCUT2D eigenvalue weighted by Gasteiger charge is -1.98. The molecule has 0 aliphatic rings. The predicted octanol–water partition coefficient (Wildman–Crippen LogP) is 2.93. The molecule has 10 heteroatoms. The molecule has 0 aromatic heterocycles. The van der Waals surface area contributed by atoms with Crippen LogP contribution in [0.2, 0.25) is 0 Å². The van der Waals surface area contributed by atoms with Gasteiger partial charge in [-0.05, 0) is 19.3 Å². The highest BCUT2D eigenvalue weighted by Crippen LogP contribution is 2.08. The molecule has 0 fully saturated rings. The lowest BCUT2D eigenvalue weighted by Crippen LogP contribution is -1.98. The van der Waals surface area contributed by atoms with E-state index in [2.05, 4.69) is 0 Å². The van der Waals surface area contributed by atoms with Gasteiger partial charge in [0.2, 0.25) is 0 Å². The van der Waals surface area contributed by atoms with Crippen molar-refractivity contribution in [3.05, 3.63) is 0 Å². The summed E-state index contributed by atoms with van der Waals surface area (Å²) in [5, 5.41) is 32.8. The van der Waals surface area contributed by atoms with E-state index in [-0.39, 0.29) is 44.4 Å². The molecular weight excluding hydrogens is 336 g/mol. The molecule has 0 aliphatic carbocycles. The minimum absolute atomic E-state index is 0. The topological polar surface area (TPSA) is 219 Å². The standard InChI is InChI=1S/C10H18O4.C5H8O4.2H3N/c11-9(12)7-5-3-1-2-4-6-8-10(13)14;6-4(7)2-1-3-5(8)9;;/h1-8H2,(H,11,12)(H,13,14);1-3H2,(H,6,7)(H,8,9);2*1H3. The van der Waals surface area contributed by atoms with Crippen LogP contribution in [0.5, 0.6) is 0 Å². The first-order valence-electron chi connectivity index (χ1n) is 7.63. The minimum Gasteiger partial charge on any atom is -0.481 e. The van der Waals surface area contributed by atoms with Gasteiger partial charge >= 0.3 is 23.9 Å². The Kier molecular flexibility index (Phi) is 26.7. The summed E-state index contributed by atoms with van der Waals surface area (Å²) in [6.45, 7) is 0. The van der Waals surface area contributed by atoms with Gasteiger partial charge in [-0.2, -0.15) is 0 Å². The molecule has 0 heterocycles. The van der Waals surface area contributed by atoms with E-state index >= 15 is 0 Å². The minimum atomic E-state index is -0.948. The summed E-state index contributed by atoms with van der Waals surface area (Å²) in [5.74, 6) is -3.38. The van der Waals surface area contributed by atoms with Crippen molar-refractivity contribution in [2.45, 2.75) is 70.6 Å². The maximum absolute atomic E-state index is 10.1. The van der Waals surface area contributed by atoms with Gasteiger partial charge in [-0.15, -0.1) is 0 Å². The summed E-state index contributed by atoms with van der Waals surface area (Å²) < 4.78 is 0. The quantitative estimate of drug-likeness (QED) is 0.261. The molecule has 0 amide bonds. The molecule has 0 aromatic carbocycles. The van der Waals surface area contributed by atoms with Crippen LogP contribution in [0.25, 0.3) is 0 Å². The van der Waals surface area contributed by atoms with Gasteiger partial charge in [0.1, 0.15) is 0 Å². The molecule has 150 valence electrons. The van der Waals surface area contributed by atoms with Crippen LogP contribution < -0.4 is 12.3 Å². The first-order valence-corrected chi connectivity index (χ1v) is 7.63. The third kappa shape index (κ3) is 39.0. The number of carboxylic acid groups (broad SMARTS) is 4. The van der Waals surface area contributed by atoms with E-state index in [1.807, 2.05) is 0 Å². The highest BCUT2D eigenvalue weighted by atomic mass is 16.4. The summed E-state index contributed by atoms with van der Waals surface area (Å²) in [4.78, 5) is 39.9. The van der Waals surface area contributed by atoms with E-state index in [4.69, 9.17) is 20.4 Å². The van der Waals surface area contributed by atoms with Gasteiger partial charge in [-0.25, -0.2) is 0 Å². The van der Waals surface area contributed by atoms with Gasteiger partial charge in [0.15, 0.2) is 0 Å². The lowest BCUT2D eigenvalue weighted by molar-refractivity contribution is -0.139. The van der Waals surface area contributed by atoms with Crippen LogP contribution in [0.3, 0.4) is 0 Å². The smallest absolute Gasteiger partial charge is 0.303 e. The summed E-state index contributed by atoms with van der Waals surface area (Å²) in [7, 11) is 0. The summed E-state index contributed by atoms with van der Waals surface area (Å²) in [6.07, 6.45) is 5.91. The Morgan fingerprint density at radius 3 is 0.840 bits per heavy atom. The van der Waals surface area contributed by atoms with Crippen molar-refractivity contribution >= 4 is 23.9 Å². The summed E-state index contributed by atoms with van der Waals surface area (Å²) >= 11 is 0. The van der Waals surface area contributed by atoms with Gasteiger partial charge in [0.05, 0.1) is 0 Å². The highest BCUT2D eigenvalue weighted by molar-refractivity contribution is 5.70. The Labute approximate surface area is 147 Å². The molecule has 0 aliphatic heterocycles. The van der Waals surface area contributed by atoms with Crippen molar-refractivity contribution in [2.75, 3.05) is 0 Å². The monoisotopic (exact) mass is 368 g/mol. The van der Waals surface area contributed by atoms with Gasteiger partial charge in [0, 0.05) is 25.7 Å². The fourth-order valence-electron chi connectivity index (χ4n) is 1.65. The molecule has 10 nitrogen and oxygen atoms in total. The van der Waals surface area contributed by atoms with E-state index in [9.17, 15) is 19.2 Å². The van der Waals surface area contributed by atoms with Crippen LogP contribution in [-0.2, 0) is 19.2 Å². The normalized spacial score (nSPS) is 8.80. The molecule has 0 bridgehead atoms. The fraction of sp³-hybridized carbons (Fsp3) is 0.733. The Balaban J connectivity index is -0.000000177. The molecule has 0 saturated heterocycles. The number of hydrogen-bond donors (Lipinski definition) is 6. The molecule has 0 saturated carbocycles. The molecule has 10 N–H and O–H groups in total. The molecule has 0 aromatic rings. The maximum Gasteiger partial charge on any atom is 0.303 e. The zero-order valence-electron chi connectivity index (χ0n) is 14.6. The Bertz CT molecular complexity index is 341. The van der Waals surface area contributed by atoms with Crippen LogP contribution in [0.15, 0.2) is 0 Å². The first kappa shape index (κ1) is 30.7. The average Bonchev–Trinajstić information content (AvgIpc) is 2.41. The second-order valence-corrected chi connectivity index (χ2v) is 5.05. The SMILES string of the molecule is N.N.O=C(O)CCCC(=O)O.O=C(O)CCCCCCCCC(=O)O. The number of unbranched alkanes of at least 4 members (excludes halogenated alkanes) is 5. The number of carboxylic acids is 4. The molecule has 25 heavy (non-hydrogen) atoms. The van der Waals surface area contributed by atoms with E-state index in [0.717, 1.165) is 38.5 Å². The second-order valence-electron chi connectivity index (χ2n) is 5.05. The fourth-order valence-corrected chi connectivity index (χ4v) is 1.65. The van der Waals surface area contributed by atoms with E-state index < -0.39 is 23.9 Å². The molecule has 0 unspecified atom stereocenters. The van der Waals surface area contributed by atoms with Gasteiger partial charge in [0.25, 0.3) is 0 Å². The second kappa shape index (κ2) is 21.8. The molecule has 0 spiro atoms. The van der Waals surface area contributed by atoms with Crippen molar-refractivity contribution in [1.29, 1.82) is 0 Å². The maximum atomic E-state index is 10.1. The highest BCUT2D eigenvalue weighted by Gasteiger charge is 2.00. The third-order valence-electron chi connectivity index (χ3n) is 2.81. The van der Waals surface area contributed by atoms with Crippen LogP contribution in [0.1, 0.15) is 70.6 Å². The van der Waals surface area contributed by atoms with Crippen LogP contribution in [-0.4, -0.2) is 44.3 Å². The zero-order chi connectivity index (χ0) is 18.1. The number of hydrogen-bond acceptors (Lipinski definition) is 6. The zero-order valence-corrected chi connectivity index (χ0v) is 14.6. The predicted molar refractivity (Wildman–Crippen MR) is 91.4 cm³/mol. The third-order valence-corrected chi connectivity index (χ3v) is 2.81. The largest absolute Gasteiger partial charge is 0.481 e. The van der Waals surface area contributed by atoms with Crippen LogP contribution >= 0.6 is 0 Å².